The number of carbonyl (C=O) groups excluding carboxylic acids is 2. The van der Waals surface area contributed by atoms with Gasteiger partial charge in [-0.25, -0.2) is 4.79 Å². The van der Waals surface area contributed by atoms with E-state index in [0.29, 0.717) is 31.7 Å². The molecule has 3 heterocycles. The number of aryl methyl sites for hydroxylation is 2. The van der Waals surface area contributed by atoms with Crippen LogP contribution in [0.5, 0.6) is 0 Å². The third-order valence-corrected chi connectivity index (χ3v) is 5.27. The quantitative estimate of drug-likeness (QED) is 0.823. The Kier molecular flexibility index (Phi) is 4.64. The van der Waals surface area contributed by atoms with Gasteiger partial charge in [-0.05, 0) is 33.1 Å². The zero-order valence-corrected chi connectivity index (χ0v) is 15.4. The number of nitrogens with one attached hydrogen (secondary N) is 1. The molecule has 2 unspecified atom stereocenters. The Morgan fingerprint density at radius 3 is 2.69 bits per heavy atom. The predicted octanol–water partition coefficient (Wildman–Crippen LogP) is 0.730. The fourth-order valence-electron chi connectivity index (χ4n) is 3.64. The monoisotopic (exact) mass is 363 g/mol. The number of carboxylic acids is 1. The highest BCUT2D eigenvalue weighted by atomic mass is 16.4. The van der Waals surface area contributed by atoms with Gasteiger partial charge in [-0.15, -0.1) is 0 Å². The number of urea groups is 1. The summed E-state index contributed by atoms with van der Waals surface area (Å²) in [6.45, 7) is 4.62. The summed E-state index contributed by atoms with van der Waals surface area (Å²) in [6, 6.07) is 0.862. The predicted molar refractivity (Wildman–Crippen MR) is 93.8 cm³/mol. The van der Waals surface area contributed by atoms with Crippen molar-refractivity contribution < 1.29 is 19.5 Å². The Morgan fingerprint density at radius 2 is 2.12 bits per heavy atom. The summed E-state index contributed by atoms with van der Waals surface area (Å²) in [7, 11) is 1.79. The van der Waals surface area contributed by atoms with E-state index in [1.165, 1.54) is 4.90 Å². The lowest BCUT2D eigenvalue weighted by atomic mass is 9.90. The molecular formula is C17H25N5O4. The standard InChI is InChI=1S/C17H25N5O4/c1-11-9-13(20(3)19-11)22-7-4-5-12(14(22)23)18-16(26)21-8-6-17(2,10-21)15(24)25/h9,12H,4-8,10H2,1-3H3,(H,18,26)(H,24,25). The third kappa shape index (κ3) is 3.25. The summed E-state index contributed by atoms with van der Waals surface area (Å²) >= 11 is 0. The van der Waals surface area contributed by atoms with Gasteiger partial charge >= 0.3 is 12.0 Å². The number of nitrogens with zero attached hydrogens (tertiary/aromatic N) is 4. The van der Waals surface area contributed by atoms with Gasteiger partial charge in [0.05, 0.1) is 11.1 Å². The highest BCUT2D eigenvalue weighted by molar-refractivity contribution is 5.99. The first kappa shape index (κ1) is 18.2. The van der Waals surface area contributed by atoms with Gasteiger partial charge in [0.25, 0.3) is 5.91 Å². The number of piperidine rings is 1. The minimum Gasteiger partial charge on any atom is -0.481 e. The van der Waals surface area contributed by atoms with Crippen LogP contribution in [0.4, 0.5) is 10.6 Å². The van der Waals surface area contributed by atoms with Gasteiger partial charge in [-0.1, -0.05) is 0 Å². The van der Waals surface area contributed by atoms with Crippen LogP contribution < -0.4 is 10.2 Å². The van der Waals surface area contributed by atoms with E-state index in [9.17, 15) is 19.5 Å². The summed E-state index contributed by atoms with van der Waals surface area (Å²) in [5.41, 5.74) is -0.0990. The minimum atomic E-state index is -0.924. The van der Waals surface area contributed by atoms with Crippen LogP contribution in [0, 0.1) is 12.3 Å². The van der Waals surface area contributed by atoms with Crippen molar-refractivity contribution in [1.82, 2.24) is 20.0 Å². The molecule has 0 radical (unpaired) electrons. The number of aliphatic carboxylic acids is 1. The maximum atomic E-state index is 12.8. The van der Waals surface area contributed by atoms with Gasteiger partial charge in [0.1, 0.15) is 11.9 Å². The lowest BCUT2D eigenvalue weighted by Crippen LogP contribution is -2.55. The number of hydrogen-bond donors (Lipinski definition) is 2. The highest BCUT2D eigenvalue weighted by Crippen LogP contribution is 2.30. The molecule has 9 nitrogen and oxygen atoms in total. The molecule has 0 saturated carbocycles. The van der Waals surface area contributed by atoms with E-state index >= 15 is 0 Å². The van der Waals surface area contributed by atoms with Crippen LogP contribution in [0.1, 0.15) is 31.9 Å². The van der Waals surface area contributed by atoms with Crippen LogP contribution in [-0.4, -0.2) is 63.4 Å². The molecule has 26 heavy (non-hydrogen) atoms. The molecule has 9 heteroatoms. The average Bonchev–Trinajstić information content (AvgIpc) is 3.13. The molecule has 0 aromatic carbocycles. The summed E-state index contributed by atoms with van der Waals surface area (Å²) in [6.07, 6.45) is 1.75. The van der Waals surface area contributed by atoms with E-state index in [0.717, 1.165) is 12.1 Å². The molecule has 2 saturated heterocycles. The number of rotatable bonds is 3. The van der Waals surface area contributed by atoms with E-state index in [4.69, 9.17) is 0 Å². The molecule has 2 N–H and O–H groups in total. The molecular weight excluding hydrogens is 338 g/mol. The van der Waals surface area contributed by atoms with Crippen LogP contribution >= 0.6 is 0 Å². The Morgan fingerprint density at radius 1 is 1.38 bits per heavy atom. The topological polar surface area (TPSA) is 108 Å². The van der Waals surface area contributed by atoms with Crippen molar-refractivity contribution in [2.45, 2.75) is 39.2 Å². The molecule has 2 fully saturated rings. The first-order valence-corrected chi connectivity index (χ1v) is 8.82. The maximum absolute atomic E-state index is 12.8. The summed E-state index contributed by atoms with van der Waals surface area (Å²) in [5, 5.41) is 16.4. The second-order valence-electron chi connectivity index (χ2n) is 7.44. The van der Waals surface area contributed by atoms with Crippen molar-refractivity contribution in [3.05, 3.63) is 11.8 Å². The van der Waals surface area contributed by atoms with Crippen molar-refractivity contribution >= 4 is 23.7 Å². The summed E-state index contributed by atoms with van der Waals surface area (Å²) in [5.74, 6) is -0.349. The minimum absolute atomic E-state index is 0.152. The number of carbonyl (C=O) groups is 3. The smallest absolute Gasteiger partial charge is 0.318 e. The maximum Gasteiger partial charge on any atom is 0.318 e. The number of carboxylic acid groups (broad SMARTS) is 1. The van der Waals surface area contributed by atoms with Crippen LogP contribution in [0.25, 0.3) is 0 Å². The van der Waals surface area contributed by atoms with Gasteiger partial charge < -0.3 is 15.3 Å². The average molecular weight is 363 g/mol. The van der Waals surface area contributed by atoms with Crippen LogP contribution in [0.2, 0.25) is 0 Å². The van der Waals surface area contributed by atoms with Gasteiger partial charge in [0.15, 0.2) is 0 Å². The first-order chi connectivity index (χ1) is 12.2. The molecule has 1 aromatic rings. The molecule has 0 bridgehead atoms. The normalized spacial score (nSPS) is 26.3. The van der Waals surface area contributed by atoms with Crippen molar-refractivity contribution in [2.75, 3.05) is 24.5 Å². The zero-order chi connectivity index (χ0) is 19.1. The van der Waals surface area contributed by atoms with Gasteiger partial charge in [-0.2, -0.15) is 5.10 Å². The Bertz CT molecular complexity index is 746. The fraction of sp³-hybridized carbons (Fsp3) is 0.647. The van der Waals surface area contributed by atoms with E-state index in [1.54, 1.807) is 23.6 Å². The first-order valence-electron chi connectivity index (χ1n) is 8.82. The second kappa shape index (κ2) is 6.62. The number of anilines is 1. The molecule has 1 aromatic heterocycles. The number of amides is 3. The summed E-state index contributed by atoms with van der Waals surface area (Å²) in [4.78, 5) is 39.8. The zero-order valence-electron chi connectivity index (χ0n) is 15.4. The lowest BCUT2D eigenvalue weighted by molar-refractivity contribution is -0.147. The molecule has 2 atom stereocenters. The molecule has 2 aliphatic rings. The fourth-order valence-corrected chi connectivity index (χ4v) is 3.64. The van der Waals surface area contributed by atoms with Crippen LogP contribution in [0.3, 0.4) is 0 Å². The van der Waals surface area contributed by atoms with Crippen LogP contribution in [-0.2, 0) is 16.6 Å². The largest absolute Gasteiger partial charge is 0.481 e. The number of aromatic nitrogens is 2. The molecule has 2 aliphatic heterocycles. The highest BCUT2D eigenvalue weighted by Gasteiger charge is 2.43. The Balaban J connectivity index is 1.66. The summed E-state index contributed by atoms with van der Waals surface area (Å²) < 4.78 is 1.66. The molecule has 3 amide bonds. The van der Waals surface area contributed by atoms with Gasteiger partial charge in [0, 0.05) is 32.7 Å². The third-order valence-electron chi connectivity index (χ3n) is 5.27. The second-order valence-corrected chi connectivity index (χ2v) is 7.44. The van der Waals surface area contributed by atoms with E-state index in [2.05, 4.69) is 10.4 Å². The molecule has 142 valence electrons. The number of hydrogen-bond acceptors (Lipinski definition) is 4. The SMILES string of the molecule is Cc1cc(N2CCCC(NC(=O)N3CCC(C)(C(=O)O)C3)C2=O)n(C)n1. The molecule has 0 spiro atoms. The van der Waals surface area contributed by atoms with Crippen molar-refractivity contribution in [1.29, 1.82) is 0 Å². The number of likely N-dealkylation sites (tertiary alicyclic amines) is 1. The van der Waals surface area contributed by atoms with E-state index in [-0.39, 0.29) is 18.5 Å². The van der Waals surface area contributed by atoms with Gasteiger partial charge in [0.2, 0.25) is 0 Å². The van der Waals surface area contributed by atoms with Crippen molar-refractivity contribution in [3.8, 4) is 0 Å². The van der Waals surface area contributed by atoms with E-state index < -0.39 is 17.4 Å². The Hall–Kier alpha value is -2.58. The van der Waals surface area contributed by atoms with Gasteiger partial charge in [-0.3, -0.25) is 19.2 Å². The Labute approximate surface area is 151 Å². The molecule has 3 rings (SSSR count). The van der Waals surface area contributed by atoms with Crippen LogP contribution in [0.15, 0.2) is 6.07 Å². The molecule has 0 aliphatic carbocycles. The van der Waals surface area contributed by atoms with E-state index in [1.807, 2.05) is 13.0 Å². The van der Waals surface area contributed by atoms with Crippen molar-refractivity contribution in [3.63, 3.8) is 0 Å². The lowest BCUT2D eigenvalue weighted by Gasteiger charge is -2.33. The van der Waals surface area contributed by atoms with Crippen molar-refractivity contribution in [2.24, 2.45) is 12.5 Å².